The molecule has 0 unspecified atom stereocenters. The number of aromatic hydroxyl groups is 2. The molecule has 6 heteroatoms. The number of benzene rings is 1. The largest absolute Gasteiger partial charge is 0.504 e. The summed E-state index contributed by atoms with van der Waals surface area (Å²) >= 11 is 3.81. The predicted molar refractivity (Wildman–Crippen MR) is 63.9 cm³/mol. The molecule has 0 fully saturated rings. The Morgan fingerprint density at radius 1 is 1.31 bits per heavy atom. The van der Waals surface area contributed by atoms with Crippen LogP contribution in [0.4, 0.5) is 0 Å². The molecule has 16 heavy (non-hydrogen) atoms. The lowest BCUT2D eigenvalue weighted by Gasteiger charge is -2.00. The lowest BCUT2D eigenvalue weighted by atomic mass is 10.2. The fourth-order valence-electron chi connectivity index (χ4n) is 0.727. The topological polar surface area (TPSA) is 104 Å². The predicted octanol–water partition coefficient (Wildman–Crippen LogP) is 0.816. The zero-order chi connectivity index (χ0) is 12.6. The first-order valence-electron chi connectivity index (χ1n) is 4.55. The van der Waals surface area contributed by atoms with E-state index in [1.54, 1.807) is 12.1 Å². The van der Waals surface area contributed by atoms with Crippen molar-refractivity contribution in [3.63, 3.8) is 0 Å². The first-order valence-corrected chi connectivity index (χ1v) is 5.18. The third kappa shape index (κ3) is 6.15. The fourth-order valence-corrected chi connectivity index (χ4v) is 1.00. The minimum atomic E-state index is -0.959. The standard InChI is InChI=1S/C6H6O2.C4H9NO2S/c7-5-3-1-2-4-6(5)8;5-3(1-2-8)4(6)7/h1-4,7-8H;3,8H,1-2,5H2,(H,6,7)/t;3-/m.0/s1. The second-order valence-electron chi connectivity index (χ2n) is 2.95. The maximum absolute atomic E-state index is 9.93. The first kappa shape index (κ1) is 14.6. The smallest absolute Gasteiger partial charge is 0.320 e. The molecule has 5 nitrogen and oxygen atoms in total. The van der Waals surface area contributed by atoms with E-state index in [1.807, 2.05) is 0 Å². The van der Waals surface area contributed by atoms with Crippen molar-refractivity contribution in [3.8, 4) is 11.5 Å². The van der Waals surface area contributed by atoms with Crippen LogP contribution in [0.3, 0.4) is 0 Å². The molecule has 0 aliphatic carbocycles. The van der Waals surface area contributed by atoms with E-state index in [9.17, 15) is 4.79 Å². The van der Waals surface area contributed by atoms with E-state index >= 15 is 0 Å². The lowest BCUT2D eigenvalue weighted by Crippen LogP contribution is -2.30. The number of hydrogen-bond acceptors (Lipinski definition) is 5. The average Bonchev–Trinajstić information content (AvgIpc) is 2.24. The molecule has 0 amide bonds. The number of carboxylic acids is 1. The molecule has 1 aromatic rings. The van der Waals surface area contributed by atoms with Crippen LogP contribution in [0.25, 0.3) is 0 Å². The van der Waals surface area contributed by atoms with Crippen molar-refractivity contribution in [3.05, 3.63) is 24.3 Å². The molecule has 1 rings (SSSR count). The summed E-state index contributed by atoms with van der Waals surface area (Å²) in [6, 6.07) is 5.40. The van der Waals surface area contributed by atoms with Crippen molar-refractivity contribution >= 4 is 18.6 Å². The number of hydrogen-bond donors (Lipinski definition) is 5. The van der Waals surface area contributed by atoms with E-state index in [1.165, 1.54) is 12.1 Å². The molecule has 0 heterocycles. The fraction of sp³-hybridized carbons (Fsp3) is 0.300. The van der Waals surface area contributed by atoms with E-state index in [2.05, 4.69) is 12.6 Å². The summed E-state index contributed by atoms with van der Waals surface area (Å²) in [5.74, 6) is -0.591. The van der Waals surface area contributed by atoms with Gasteiger partial charge in [-0.05, 0) is 24.3 Å². The quantitative estimate of drug-likeness (QED) is 0.400. The van der Waals surface area contributed by atoms with Crippen LogP contribution < -0.4 is 5.73 Å². The van der Waals surface area contributed by atoms with Gasteiger partial charge in [0.15, 0.2) is 11.5 Å². The van der Waals surface area contributed by atoms with Gasteiger partial charge >= 0.3 is 5.97 Å². The summed E-state index contributed by atoms with van der Waals surface area (Å²) in [5.41, 5.74) is 5.08. The minimum absolute atomic E-state index is 0.0764. The lowest BCUT2D eigenvalue weighted by molar-refractivity contribution is -0.138. The van der Waals surface area contributed by atoms with Crippen molar-refractivity contribution < 1.29 is 20.1 Å². The summed E-state index contributed by atoms with van der Waals surface area (Å²) < 4.78 is 0. The van der Waals surface area contributed by atoms with Gasteiger partial charge in [-0.1, -0.05) is 12.1 Å². The zero-order valence-corrected chi connectivity index (χ0v) is 9.47. The zero-order valence-electron chi connectivity index (χ0n) is 8.58. The van der Waals surface area contributed by atoms with Gasteiger partial charge in [0.1, 0.15) is 6.04 Å². The third-order valence-electron chi connectivity index (χ3n) is 1.64. The van der Waals surface area contributed by atoms with E-state index in [-0.39, 0.29) is 11.5 Å². The Morgan fingerprint density at radius 2 is 1.75 bits per heavy atom. The summed E-state index contributed by atoms with van der Waals surface area (Å²) in [5, 5.41) is 25.5. The van der Waals surface area contributed by atoms with Crippen LogP contribution in [0, 0.1) is 0 Å². The number of thiol groups is 1. The Labute approximate surface area is 98.9 Å². The molecule has 0 aromatic heterocycles. The molecule has 1 atom stereocenters. The highest BCUT2D eigenvalue weighted by Crippen LogP contribution is 2.21. The Balaban J connectivity index is 0.000000281. The summed E-state index contributed by atoms with van der Waals surface area (Å²) in [6.07, 6.45) is 0.429. The van der Waals surface area contributed by atoms with Crippen LogP contribution in [0.1, 0.15) is 6.42 Å². The number of nitrogens with two attached hydrogens (primary N) is 1. The second kappa shape index (κ2) is 7.84. The van der Waals surface area contributed by atoms with Crippen molar-refractivity contribution in [2.75, 3.05) is 5.75 Å². The summed E-state index contributed by atoms with van der Waals surface area (Å²) in [6.45, 7) is 0. The minimum Gasteiger partial charge on any atom is -0.504 e. The van der Waals surface area contributed by atoms with Crippen molar-refractivity contribution in [1.82, 2.24) is 0 Å². The van der Waals surface area contributed by atoms with E-state index < -0.39 is 12.0 Å². The van der Waals surface area contributed by atoms with Gasteiger partial charge in [0.25, 0.3) is 0 Å². The number of rotatable bonds is 3. The molecule has 0 saturated carbocycles. The maximum Gasteiger partial charge on any atom is 0.320 e. The Bertz CT molecular complexity index is 311. The summed E-state index contributed by atoms with van der Waals surface area (Å²) in [4.78, 5) is 9.93. The Morgan fingerprint density at radius 3 is 1.94 bits per heavy atom. The van der Waals surface area contributed by atoms with Crippen molar-refractivity contribution in [2.24, 2.45) is 5.73 Å². The molecular formula is C10H15NO4S. The van der Waals surface area contributed by atoms with E-state index in [0.717, 1.165) is 0 Å². The molecule has 0 aliphatic rings. The number of carboxylic acid groups (broad SMARTS) is 1. The molecule has 0 aliphatic heterocycles. The van der Waals surface area contributed by atoms with Crippen LogP contribution >= 0.6 is 12.6 Å². The molecule has 0 saturated heterocycles. The number of phenols is 2. The molecule has 0 bridgehead atoms. The van der Waals surface area contributed by atoms with E-state index in [0.29, 0.717) is 12.2 Å². The van der Waals surface area contributed by atoms with Gasteiger partial charge in [0, 0.05) is 0 Å². The highest BCUT2D eigenvalue weighted by atomic mass is 32.1. The Kier molecular flexibility index (Phi) is 7.15. The number of para-hydroxylation sites is 2. The van der Waals surface area contributed by atoms with Gasteiger partial charge in [-0.15, -0.1) is 0 Å². The van der Waals surface area contributed by atoms with Crippen molar-refractivity contribution in [1.29, 1.82) is 0 Å². The van der Waals surface area contributed by atoms with Gasteiger partial charge < -0.3 is 21.1 Å². The van der Waals surface area contributed by atoms with Gasteiger partial charge in [0.05, 0.1) is 0 Å². The average molecular weight is 245 g/mol. The molecular weight excluding hydrogens is 230 g/mol. The van der Waals surface area contributed by atoms with Crippen molar-refractivity contribution in [2.45, 2.75) is 12.5 Å². The van der Waals surface area contributed by atoms with Gasteiger partial charge in [-0.2, -0.15) is 12.6 Å². The highest BCUT2D eigenvalue weighted by molar-refractivity contribution is 7.80. The third-order valence-corrected chi connectivity index (χ3v) is 1.90. The monoisotopic (exact) mass is 245 g/mol. The highest BCUT2D eigenvalue weighted by Gasteiger charge is 2.08. The second-order valence-corrected chi connectivity index (χ2v) is 3.39. The number of phenolic OH excluding ortho intramolecular Hbond substituents is 2. The molecule has 0 spiro atoms. The summed E-state index contributed by atoms with van der Waals surface area (Å²) in [7, 11) is 0. The van der Waals surface area contributed by atoms with Gasteiger partial charge in [-0.25, -0.2) is 0 Å². The number of aliphatic carboxylic acids is 1. The van der Waals surface area contributed by atoms with Crippen LogP contribution in [-0.2, 0) is 4.79 Å². The van der Waals surface area contributed by atoms with Gasteiger partial charge in [-0.3, -0.25) is 4.79 Å². The van der Waals surface area contributed by atoms with Crippen LogP contribution in [0.5, 0.6) is 11.5 Å². The Hall–Kier alpha value is -1.40. The molecule has 0 radical (unpaired) electrons. The molecule has 5 N–H and O–H groups in total. The van der Waals surface area contributed by atoms with Crippen LogP contribution in [0.15, 0.2) is 24.3 Å². The molecule has 90 valence electrons. The van der Waals surface area contributed by atoms with Crippen LogP contribution in [-0.4, -0.2) is 33.1 Å². The molecule has 1 aromatic carbocycles. The normalized spacial score (nSPS) is 11.1. The number of carbonyl (C=O) groups is 1. The van der Waals surface area contributed by atoms with Crippen LogP contribution in [0.2, 0.25) is 0 Å². The maximum atomic E-state index is 9.93. The first-order chi connectivity index (χ1) is 7.49. The van der Waals surface area contributed by atoms with Gasteiger partial charge in [0.2, 0.25) is 0 Å². The SMILES string of the molecule is N[C@@H](CCS)C(=O)O.Oc1ccccc1O. The van der Waals surface area contributed by atoms with E-state index in [4.69, 9.17) is 21.1 Å².